The second-order valence-corrected chi connectivity index (χ2v) is 4.57. The van der Waals surface area contributed by atoms with Gasteiger partial charge in [0.25, 0.3) is 0 Å². The number of hydrogen-bond donors (Lipinski definition) is 2. The Balaban J connectivity index is 2.40. The van der Waals surface area contributed by atoms with Crippen molar-refractivity contribution in [3.63, 3.8) is 0 Å². The van der Waals surface area contributed by atoms with Crippen molar-refractivity contribution in [1.29, 1.82) is 0 Å². The molecule has 0 aromatic rings. The van der Waals surface area contributed by atoms with Crippen molar-refractivity contribution in [3.05, 3.63) is 0 Å². The number of aliphatic imine (C=N–C) groups is 1. The summed E-state index contributed by atoms with van der Waals surface area (Å²) in [5.74, 6) is 0.970. The van der Waals surface area contributed by atoms with Crippen LogP contribution in [0.1, 0.15) is 40.0 Å². The maximum absolute atomic E-state index is 4.68. The Morgan fingerprint density at radius 3 is 2.76 bits per heavy atom. The average molecular weight is 240 g/mol. The van der Waals surface area contributed by atoms with Crippen molar-refractivity contribution >= 4 is 5.96 Å². The molecule has 0 saturated carbocycles. The van der Waals surface area contributed by atoms with E-state index < -0.39 is 0 Å². The topological polar surface area (TPSA) is 39.7 Å². The molecule has 1 aliphatic rings. The molecule has 1 saturated heterocycles. The smallest absolute Gasteiger partial charge is 0.191 e. The molecule has 0 aromatic carbocycles. The van der Waals surface area contributed by atoms with Gasteiger partial charge >= 0.3 is 0 Å². The molecule has 2 N–H and O–H groups in total. The Morgan fingerprint density at radius 1 is 1.29 bits per heavy atom. The van der Waals surface area contributed by atoms with E-state index in [9.17, 15) is 0 Å². The van der Waals surface area contributed by atoms with Gasteiger partial charge < -0.3 is 10.6 Å². The second kappa shape index (κ2) is 8.34. The molecule has 1 atom stereocenters. The van der Waals surface area contributed by atoms with Crippen LogP contribution in [0.5, 0.6) is 0 Å². The lowest BCUT2D eigenvalue weighted by Crippen LogP contribution is -2.39. The van der Waals surface area contributed by atoms with Crippen LogP contribution in [0, 0.1) is 0 Å². The molecular formula is C13H28N4. The number of rotatable bonds is 6. The van der Waals surface area contributed by atoms with Crippen molar-refractivity contribution in [2.24, 2.45) is 4.99 Å². The Labute approximate surface area is 106 Å². The van der Waals surface area contributed by atoms with E-state index in [0.29, 0.717) is 6.04 Å². The molecule has 1 heterocycles. The van der Waals surface area contributed by atoms with Crippen LogP contribution >= 0.6 is 0 Å². The van der Waals surface area contributed by atoms with E-state index in [-0.39, 0.29) is 0 Å². The highest BCUT2D eigenvalue weighted by Gasteiger charge is 2.22. The van der Waals surface area contributed by atoms with E-state index in [4.69, 9.17) is 0 Å². The predicted molar refractivity (Wildman–Crippen MR) is 74.5 cm³/mol. The minimum atomic E-state index is 0.650. The maximum atomic E-state index is 4.68. The van der Waals surface area contributed by atoms with E-state index in [1.165, 1.54) is 19.4 Å². The van der Waals surface area contributed by atoms with Gasteiger partial charge in [0.15, 0.2) is 5.96 Å². The third-order valence-corrected chi connectivity index (χ3v) is 3.25. The van der Waals surface area contributed by atoms with Crippen molar-refractivity contribution < 1.29 is 0 Å². The summed E-state index contributed by atoms with van der Waals surface area (Å²) in [6.07, 6.45) is 3.76. The fraction of sp³-hybridized carbons (Fsp3) is 0.923. The SMILES string of the molecule is CCCNC(=NCC1CCCN1CC)NCC. The van der Waals surface area contributed by atoms with Crippen LogP contribution in [-0.4, -0.2) is 49.6 Å². The number of nitrogens with zero attached hydrogens (tertiary/aromatic N) is 2. The predicted octanol–water partition coefficient (Wildman–Crippen LogP) is 1.44. The van der Waals surface area contributed by atoms with Crippen LogP contribution in [0.25, 0.3) is 0 Å². The third-order valence-electron chi connectivity index (χ3n) is 3.25. The van der Waals surface area contributed by atoms with Crippen LogP contribution in [-0.2, 0) is 0 Å². The summed E-state index contributed by atoms with van der Waals surface area (Å²) in [5, 5.41) is 6.64. The molecule has 100 valence electrons. The van der Waals surface area contributed by atoms with Crippen LogP contribution in [0.15, 0.2) is 4.99 Å². The summed E-state index contributed by atoms with van der Waals surface area (Å²) in [6.45, 7) is 11.8. The molecule has 0 spiro atoms. The molecule has 17 heavy (non-hydrogen) atoms. The molecule has 1 unspecified atom stereocenters. The molecular weight excluding hydrogens is 212 g/mol. The number of likely N-dealkylation sites (tertiary alicyclic amines) is 1. The lowest BCUT2D eigenvalue weighted by Gasteiger charge is -2.21. The molecule has 0 aliphatic carbocycles. The zero-order chi connectivity index (χ0) is 12.5. The first kappa shape index (κ1) is 14.3. The zero-order valence-corrected chi connectivity index (χ0v) is 11.6. The van der Waals surface area contributed by atoms with Crippen molar-refractivity contribution in [2.45, 2.75) is 46.1 Å². The zero-order valence-electron chi connectivity index (χ0n) is 11.6. The molecule has 0 amide bonds. The summed E-state index contributed by atoms with van der Waals surface area (Å²) in [7, 11) is 0. The van der Waals surface area contributed by atoms with Gasteiger partial charge in [0.1, 0.15) is 0 Å². The minimum Gasteiger partial charge on any atom is -0.357 e. The molecule has 4 nitrogen and oxygen atoms in total. The van der Waals surface area contributed by atoms with E-state index >= 15 is 0 Å². The number of hydrogen-bond acceptors (Lipinski definition) is 2. The molecule has 1 aliphatic heterocycles. The first-order valence-electron chi connectivity index (χ1n) is 7.08. The van der Waals surface area contributed by atoms with Crippen molar-refractivity contribution in [1.82, 2.24) is 15.5 Å². The molecule has 1 fully saturated rings. The Kier molecular flexibility index (Phi) is 7.01. The van der Waals surface area contributed by atoms with Gasteiger partial charge in [0.2, 0.25) is 0 Å². The first-order valence-corrected chi connectivity index (χ1v) is 7.08. The van der Waals surface area contributed by atoms with Crippen molar-refractivity contribution in [3.8, 4) is 0 Å². The molecule has 0 aromatic heterocycles. The largest absolute Gasteiger partial charge is 0.357 e. The first-order chi connectivity index (χ1) is 8.31. The summed E-state index contributed by atoms with van der Waals surface area (Å²) in [6, 6.07) is 0.650. The second-order valence-electron chi connectivity index (χ2n) is 4.57. The number of nitrogens with one attached hydrogen (secondary N) is 2. The van der Waals surface area contributed by atoms with Gasteiger partial charge in [-0.25, -0.2) is 0 Å². The maximum Gasteiger partial charge on any atom is 0.191 e. The van der Waals surface area contributed by atoms with E-state index in [1.807, 2.05) is 0 Å². The van der Waals surface area contributed by atoms with Gasteiger partial charge in [-0.3, -0.25) is 9.89 Å². The van der Waals surface area contributed by atoms with Crippen LogP contribution in [0.4, 0.5) is 0 Å². The highest BCUT2D eigenvalue weighted by atomic mass is 15.2. The summed E-state index contributed by atoms with van der Waals surface area (Å²) < 4.78 is 0. The summed E-state index contributed by atoms with van der Waals surface area (Å²) in [4.78, 5) is 7.22. The molecule has 1 rings (SSSR count). The monoisotopic (exact) mass is 240 g/mol. The highest BCUT2D eigenvalue weighted by Crippen LogP contribution is 2.16. The highest BCUT2D eigenvalue weighted by molar-refractivity contribution is 5.79. The lowest BCUT2D eigenvalue weighted by atomic mass is 10.2. The third kappa shape index (κ3) is 4.94. The fourth-order valence-corrected chi connectivity index (χ4v) is 2.30. The molecule has 0 bridgehead atoms. The van der Waals surface area contributed by atoms with Crippen LogP contribution in [0.2, 0.25) is 0 Å². The van der Waals surface area contributed by atoms with Gasteiger partial charge in [-0.05, 0) is 39.3 Å². The number of guanidine groups is 1. The molecule has 4 heteroatoms. The van der Waals surface area contributed by atoms with Gasteiger partial charge in [0.05, 0.1) is 6.54 Å². The fourth-order valence-electron chi connectivity index (χ4n) is 2.30. The average Bonchev–Trinajstić information content (AvgIpc) is 2.80. The minimum absolute atomic E-state index is 0.650. The summed E-state index contributed by atoms with van der Waals surface area (Å²) in [5.41, 5.74) is 0. The number of likely N-dealkylation sites (N-methyl/N-ethyl adjacent to an activating group) is 1. The standard InChI is InChI=1S/C13H28N4/c1-4-9-15-13(14-5-2)16-11-12-8-7-10-17(12)6-3/h12H,4-11H2,1-3H3,(H2,14,15,16). The van der Waals surface area contributed by atoms with E-state index in [2.05, 4.69) is 41.3 Å². The lowest BCUT2D eigenvalue weighted by molar-refractivity contribution is 0.273. The van der Waals surface area contributed by atoms with Gasteiger partial charge in [-0.1, -0.05) is 13.8 Å². The van der Waals surface area contributed by atoms with Crippen LogP contribution in [0.3, 0.4) is 0 Å². The van der Waals surface area contributed by atoms with E-state index in [0.717, 1.165) is 38.6 Å². The Bertz CT molecular complexity index is 227. The van der Waals surface area contributed by atoms with Gasteiger partial charge in [-0.15, -0.1) is 0 Å². The van der Waals surface area contributed by atoms with E-state index in [1.54, 1.807) is 0 Å². The van der Waals surface area contributed by atoms with Gasteiger partial charge in [0, 0.05) is 19.1 Å². The normalized spacial score (nSPS) is 21.8. The molecule has 0 radical (unpaired) electrons. The van der Waals surface area contributed by atoms with Gasteiger partial charge in [-0.2, -0.15) is 0 Å². The Hall–Kier alpha value is -0.770. The van der Waals surface area contributed by atoms with Crippen molar-refractivity contribution in [2.75, 3.05) is 32.7 Å². The quantitative estimate of drug-likeness (QED) is 0.545. The summed E-state index contributed by atoms with van der Waals surface area (Å²) >= 11 is 0. The van der Waals surface area contributed by atoms with Crippen LogP contribution < -0.4 is 10.6 Å². The Morgan fingerprint density at radius 2 is 2.12 bits per heavy atom.